The van der Waals surface area contributed by atoms with Crippen molar-refractivity contribution in [2.24, 2.45) is 0 Å². The van der Waals surface area contributed by atoms with Gasteiger partial charge < -0.3 is 10.1 Å². The van der Waals surface area contributed by atoms with Crippen LogP contribution in [0.3, 0.4) is 0 Å². The maximum absolute atomic E-state index is 12.7. The highest BCUT2D eigenvalue weighted by Gasteiger charge is 2.26. The van der Waals surface area contributed by atoms with Gasteiger partial charge in [-0.2, -0.15) is 4.31 Å². The van der Waals surface area contributed by atoms with E-state index in [1.807, 2.05) is 13.8 Å². The van der Waals surface area contributed by atoms with Crippen molar-refractivity contribution in [3.8, 4) is 0 Å². The number of nitrogens with zero attached hydrogens (tertiary/aromatic N) is 1. The van der Waals surface area contributed by atoms with Crippen LogP contribution in [-0.4, -0.2) is 44.9 Å². The highest BCUT2D eigenvalue weighted by molar-refractivity contribution is 7.89. The number of ether oxygens (including phenoxy) is 1. The summed E-state index contributed by atoms with van der Waals surface area (Å²) < 4.78 is 32.0. The van der Waals surface area contributed by atoms with E-state index in [0.717, 1.165) is 11.1 Å². The van der Waals surface area contributed by atoms with Crippen LogP contribution in [-0.2, 0) is 14.8 Å². The lowest BCUT2D eigenvalue weighted by Crippen LogP contribution is -2.40. The second-order valence-electron chi connectivity index (χ2n) is 7.53. The van der Waals surface area contributed by atoms with Gasteiger partial charge in [-0.15, -0.1) is 0 Å². The summed E-state index contributed by atoms with van der Waals surface area (Å²) >= 11 is 0. The van der Waals surface area contributed by atoms with Gasteiger partial charge in [0.15, 0.2) is 0 Å². The van der Waals surface area contributed by atoms with Crippen LogP contribution in [0, 0.1) is 20.8 Å². The van der Waals surface area contributed by atoms with E-state index in [0.29, 0.717) is 31.9 Å². The van der Waals surface area contributed by atoms with E-state index in [1.165, 1.54) is 27.6 Å². The standard InChI is InChI=1S/C22H28N2O4S/c1-15-13-17(3)21(14-16(15)2)18(4)23-22(25)19-5-7-20(8-6-19)29(26,27)24-9-11-28-12-10-24/h5-8,13-14,18H,9-12H2,1-4H3,(H,23,25)/t18-/m0/s1. The summed E-state index contributed by atoms with van der Waals surface area (Å²) in [5.41, 5.74) is 5.05. The van der Waals surface area contributed by atoms with Crippen molar-refractivity contribution in [2.75, 3.05) is 26.3 Å². The zero-order valence-corrected chi connectivity index (χ0v) is 18.2. The largest absolute Gasteiger partial charge is 0.379 e. The van der Waals surface area contributed by atoms with Crippen molar-refractivity contribution in [3.05, 3.63) is 64.2 Å². The topological polar surface area (TPSA) is 75.7 Å². The fourth-order valence-corrected chi connectivity index (χ4v) is 4.93. The normalized spacial score (nSPS) is 16.4. The lowest BCUT2D eigenvalue weighted by atomic mass is 9.96. The molecule has 6 nitrogen and oxygen atoms in total. The molecule has 3 rings (SSSR count). The SMILES string of the molecule is Cc1cc(C)c([C@H](C)NC(=O)c2ccc(S(=O)(=O)N3CCOCC3)cc2)cc1C. The van der Waals surface area contributed by atoms with E-state index < -0.39 is 10.0 Å². The summed E-state index contributed by atoms with van der Waals surface area (Å²) in [7, 11) is -3.56. The van der Waals surface area contributed by atoms with E-state index in [2.05, 4.69) is 31.3 Å². The minimum absolute atomic E-state index is 0.154. The maximum atomic E-state index is 12.7. The molecular formula is C22H28N2O4S. The number of sulfonamides is 1. The van der Waals surface area contributed by atoms with Crippen LogP contribution in [0.4, 0.5) is 0 Å². The van der Waals surface area contributed by atoms with Crippen molar-refractivity contribution < 1.29 is 17.9 Å². The van der Waals surface area contributed by atoms with Gasteiger partial charge in [-0.25, -0.2) is 8.42 Å². The summed E-state index contributed by atoms with van der Waals surface area (Å²) in [5.74, 6) is -0.231. The number of benzene rings is 2. The number of nitrogens with one attached hydrogen (secondary N) is 1. The molecule has 1 heterocycles. The molecule has 2 aromatic carbocycles. The second kappa shape index (κ2) is 8.65. The Hall–Kier alpha value is -2.22. The number of amides is 1. The van der Waals surface area contributed by atoms with Crippen LogP contribution in [0.15, 0.2) is 41.3 Å². The summed E-state index contributed by atoms with van der Waals surface area (Å²) in [4.78, 5) is 12.9. The number of rotatable bonds is 5. The number of hydrogen-bond donors (Lipinski definition) is 1. The van der Waals surface area contributed by atoms with Crippen LogP contribution >= 0.6 is 0 Å². The predicted molar refractivity (Wildman–Crippen MR) is 113 cm³/mol. The van der Waals surface area contributed by atoms with Crippen molar-refractivity contribution >= 4 is 15.9 Å². The molecule has 1 aliphatic rings. The molecule has 0 aromatic heterocycles. The monoisotopic (exact) mass is 416 g/mol. The van der Waals surface area contributed by atoms with E-state index >= 15 is 0 Å². The van der Waals surface area contributed by atoms with E-state index in [9.17, 15) is 13.2 Å². The molecule has 1 saturated heterocycles. The summed E-state index contributed by atoms with van der Waals surface area (Å²) in [6.45, 7) is 9.60. The number of aryl methyl sites for hydroxylation is 3. The lowest BCUT2D eigenvalue weighted by molar-refractivity contribution is 0.0730. The van der Waals surface area contributed by atoms with Gasteiger partial charge in [0, 0.05) is 18.7 Å². The van der Waals surface area contributed by atoms with Crippen molar-refractivity contribution in [1.82, 2.24) is 9.62 Å². The molecule has 1 aliphatic heterocycles. The molecule has 0 unspecified atom stereocenters. The van der Waals surface area contributed by atoms with Crippen molar-refractivity contribution in [3.63, 3.8) is 0 Å². The Bertz CT molecular complexity index is 994. The molecule has 1 atom stereocenters. The van der Waals surface area contributed by atoms with Crippen LogP contribution < -0.4 is 5.32 Å². The minimum atomic E-state index is -3.56. The first kappa shape index (κ1) is 21.5. The predicted octanol–water partition coefficient (Wildman–Crippen LogP) is 3.12. The molecule has 1 amide bonds. The van der Waals surface area contributed by atoms with E-state index in [1.54, 1.807) is 12.1 Å². The first-order valence-corrected chi connectivity index (χ1v) is 11.2. The molecule has 0 saturated carbocycles. The molecular weight excluding hydrogens is 388 g/mol. The van der Waals surface area contributed by atoms with E-state index in [4.69, 9.17) is 4.74 Å². The van der Waals surface area contributed by atoms with Crippen LogP contribution in [0.5, 0.6) is 0 Å². The van der Waals surface area contributed by atoms with Gasteiger partial charge in [0.1, 0.15) is 0 Å². The van der Waals surface area contributed by atoms with Gasteiger partial charge in [0.05, 0.1) is 24.2 Å². The average molecular weight is 417 g/mol. The molecule has 0 radical (unpaired) electrons. The molecule has 7 heteroatoms. The Morgan fingerprint density at radius 2 is 1.59 bits per heavy atom. The quantitative estimate of drug-likeness (QED) is 0.813. The fourth-order valence-electron chi connectivity index (χ4n) is 3.52. The van der Waals surface area contributed by atoms with Gasteiger partial charge in [0.2, 0.25) is 10.0 Å². The molecule has 156 valence electrons. The number of carbonyl (C=O) groups excluding carboxylic acids is 1. The molecule has 1 fully saturated rings. The van der Waals surface area contributed by atoms with Crippen molar-refractivity contribution in [1.29, 1.82) is 0 Å². The molecule has 0 spiro atoms. The molecule has 29 heavy (non-hydrogen) atoms. The van der Waals surface area contributed by atoms with Gasteiger partial charge in [0.25, 0.3) is 5.91 Å². The Morgan fingerprint density at radius 1 is 1.00 bits per heavy atom. The summed E-state index contributed by atoms with van der Waals surface area (Å²) in [6, 6.07) is 10.2. The smallest absolute Gasteiger partial charge is 0.251 e. The van der Waals surface area contributed by atoms with Crippen LogP contribution in [0.25, 0.3) is 0 Å². The Labute approximate surface area is 172 Å². The zero-order chi connectivity index (χ0) is 21.2. The Kier molecular flexibility index (Phi) is 6.41. The summed E-state index contributed by atoms with van der Waals surface area (Å²) in [6.07, 6.45) is 0. The van der Waals surface area contributed by atoms with Gasteiger partial charge >= 0.3 is 0 Å². The van der Waals surface area contributed by atoms with Gasteiger partial charge in [-0.05, 0) is 74.2 Å². The van der Waals surface area contributed by atoms with Crippen LogP contribution in [0.1, 0.15) is 45.6 Å². The highest BCUT2D eigenvalue weighted by Crippen LogP contribution is 2.22. The molecule has 2 aromatic rings. The second-order valence-corrected chi connectivity index (χ2v) is 9.47. The third kappa shape index (κ3) is 4.69. The minimum Gasteiger partial charge on any atom is -0.379 e. The lowest BCUT2D eigenvalue weighted by Gasteiger charge is -2.26. The Balaban J connectivity index is 1.73. The van der Waals surface area contributed by atoms with Gasteiger partial charge in [-0.3, -0.25) is 4.79 Å². The molecule has 1 N–H and O–H groups in total. The average Bonchev–Trinajstić information content (AvgIpc) is 2.71. The highest BCUT2D eigenvalue weighted by atomic mass is 32.2. The first-order chi connectivity index (χ1) is 13.7. The fraction of sp³-hybridized carbons (Fsp3) is 0.409. The third-order valence-electron chi connectivity index (χ3n) is 5.42. The number of carbonyl (C=O) groups is 1. The number of hydrogen-bond acceptors (Lipinski definition) is 4. The van der Waals surface area contributed by atoms with E-state index in [-0.39, 0.29) is 16.8 Å². The molecule has 0 bridgehead atoms. The zero-order valence-electron chi connectivity index (χ0n) is 17.4. The van der Waals surface area contributed by atoms with Crippen molar-refractivity contribution in [2.45, 2.75) is 38.6 Å². The van der Waals surface area contributed by atoms with Gasteiger partial charge in [-0.1, -0.05) is 12.1 Å². The maximum Gasteiger partial charge on any atom is 0.251 e. The summed E-state index contributed by atoms with van der Waals surface area (Å²) in [5, 5.41) is 3.01. The van der Waals surface area contributed by atoms with Crippen LogP contribution in [0.2, 0.25) is 0 Å². The molecule has 0 aliphatic carbocycles. The number of morpholine rings is 1. The third-order valence-corrected chi connectivity index (χ3v) is 7.33. The Morgan fingerprint density at radius 3 is 2.21 bits per heavy atom. The first-order valence-electron chi connectivity index (χ1n) is 9.76.